The number of rotatable bonds is 3. The van der Waals surface area contributed by atoms with Gasteiger partial charge in [0.15, 0.2) is 0 Å². The highest BCUT2D eigenvalue weighted by Gasteiger charge is 2.38. The Balaban J connectivity index is 1.60. The van der Waals surface area contributed by atoms with Crippen molar-refractivity contribution in [1.82, 2.24) is 5.32 Å². The van der Waals surface area contributed by atoms with Gasteiger partial charge in [-0.1, -0.05) is 28.1 Å². The summed E-state index contributed by atoms with van der Waals surface area (Å²) in [6.07, 6.45) is 4.76. The summed E-state index contributed by atoms with van der Waals surface area (Å²) in [4.78, 5) is 0. The highest BCUT2D eigenvalue weighted by atomic mass is 79.9. The van der Waals surface area contributed by atoms with E-state index >= 15 is 0 Å². The molecule has 0 amide bonds. The Morgan fingerprint density at radius 1 is 1.29 bits per heavy atom. The van der Waals surface area contributed by atoms with Gasteiger partial charge in [-0.2, -0.15) is 11.8 Å². The zero-order valence-corrected chi connectivity index (χ0v) is 15.0. The lowest BCUT2D eigenvalue weighted by atomic mass is 9.85. The van der Waals surface area contributed by atoms with Gasteiger partial charge in [0.05, 0.1) is 5.60 Å². The van der Waals surface area contributed by atoms with Gasteiger partial charge in [0.1, 0.15) is 0 Å². The summed E-state index contributed by atoms with van der Waals surface area (Å²) in [6.45, 7) is 3.18. The second-order valence-electron chi connectivity index (χ2n) is 6.27. The van der Waals surface area contributed by atoms with Crippen molar-refractivity contribution in [2.75, 3.05) is 18.1 Å². The molecule has 0 bridgehead atoms. The highest BCUT2D eigenvalue weighted by molar-refractivity contribution is 9.10. The Morgan fingerprint density at radius 2 is 2.00 bits per heavy atom. The van der Waals surface area contributed by atoms with Crippen molar-refractivity contribution < 1.29 is 4.74 Å². The van der Waals surface area contributed by atoms with Crippen LogP contribution in [-0.4, -0.2) is 29.8 Å². The summed E-state index contributed by atoms with van der Waals surface area (Å²) in [5.41, 5.74) is 1.53. The summed E-state index contributed by atoms with van der Waals surface area (Å²) in [5.74, 6) is 2.52. The molecule has 1 aromatic carbocycles. The van der Waals surface area contributed by atoms with Gasteiger partial charge in [-0.3, -0.25) is 0 Å². The molecule has 4 heteroatoms. The average molecular weight is 370 g/mol. The van der Waals surface area contributed by atoms with Gasteiger partial charge < -0.3 is 10.1 Å². The zero-order valence-electron chi connectivity index (χ0n) is 12.6. The third-order valence-corrected chi connectivity index (χ3v) is 6.27. The normalized spacial score (nSPS) is 26.7. The molecular formula is C17H24BrNOS. The molecule has 1 spiro atoms. The van der Waals surface area contributed by atoms with E-state index in [1.54, 1.807) is 0 Å². The monoisotopic (exact) mass is 369 g/mol. The Hall–Kier alpha value is -0.0300. The SMILES string of the molecule is CC(NC1CCOC2(CCSCC2)C1)c1ccc(Br)cc1. The molecule has 2 saturated heterocycles. The first-order chi connectivity index (χ1) is 10.2. The molecule has 2 unspecified atom stereocenters. The largest absolute Gasteiger partial charge is 0.375 e. The molecular weight excluding hydrogens is 346 g/mol. The first-order valence-corrected chi connectivity index (χ1v) is 9.85. The Labute approximate surface area is 140 Å². The first kappa shape index (κ1) is 15.9. The molecule has 0 saturated carbocycles. The van der Waals surface area contributed by atoms with E-state index in [2.05, 4.69) is 64.2 Å². The van der Waals surface area contributed by atoms with Gasteiger partial charge in [-0.05, 0) is 61.8 Å². The maximum Gasteiger partial charge on any atom is 0.0713 e. The molecule has 21 heavy (non-hydrogen) atoms. The van der Waals surface area contributed by atoms with Crippen LogP contribution in [0.1, 0.15) is 44.2 Å². The third-order valence-electron chi connectivity index (χ3n) is 4.75. The van der Waals surface area contributed by atoms with Crippen molar-refractivity contribution >= 4 is 27.7 Å². The van der Waals surface area contributed by atoms with Crippen LogP contribution in [0.3, 0.4) is 0 Å². The number of hydrogen-bond donors (Lipinski definition) is 1. The van der Waals surface area contributed by atoms with Crippen LogP contribution in [0.4, 0.5) is 0 Å². The van der Waals surface area contributed by atoms with Gasteiger partial charge in [-0.15, -0.1) is 0 Å². The number of ether oxygens (including phenoxy) is 1. The molecule has 2 atom stereocenters. The Morgan fingerprint density at radius 3 is 2.71 bits per heavy atom. The van der Waals surface area contributed by atoms with Gasteiger partial charge in [0.25, 0.3) is 0 Å². The minimum atomic E-state index is 0.167. The van der Waals surface area contributed by atoms with Crippen LogP contribution in [0, 0.1) is 0 Å². The van der Waals surface area contributed by atoms with Gasteiger partial charge >= 0.3 is 0 Å². The minimum Gasteiger partial charge on any atom is -0.375 e. The van der Waals surface area contributed by atoms with Crippen molar-refractivity contribution in [3.8, 4) is 0 Å². The molecule has 2 nitrogen and oxygen atoms in total. The predicted octanol–water partition coefficient (Wildman–Crippen LogP) is 4.54. The van der Waals surface area contributed by atoms with E-state index in [4.69, 9.17) is 4.74 Å². The average Bonchev–Trinajstić information content (AvgIpc) is 2.49. The third kappa shape index (κ3) is 4.04. The topological polar surface area (TPSA) is 21.3 Å². The molecule has 0 aromatic heterocycles. The second-order valence-corrected chi connectivity index (χ2v) is 8.41. The highest BCUT2D eigenvalue weighted by Crippen LogP contribution is 2.38. The van der Waals surface area contributed by atoms with Gasteiger partial charge in [0, 0.05) is 23.2 Å². The molecule has 2 aliphatic heterocycles. The maximum atomic E-state index is 6.18. The lowest BCUT2D eigenvalue weighted by Crippen LogP contribution is -2.49. The minimum absolute atomic E-state index is 0.167. The van der Waals surface area contributed by atoms with Crippen molar-refractivity contribution in [3.05, 3.63) is 34.3 Å². The van der Waals surface area contributed by atoms with E-state index in [-0.39, 0.29) is 5.60 Å². The fourth-order valence-electron chi connectivity index (χ4n) is 3.46. The van der Waals surface area contributed by atoms with E-state index in [9.17, 15) is 0 Å². The summed E-state index contributed by atoms with van der Waals surface area (Å²) < 4.78 is 7.32. The summed E-state index contributed by atoms with van der Waals surface area (Å²) in [7, 11) is 0. The number of halogens is 1. The Kier molecular flexibility index (Phi) is 5.31. The summed E-state index contributed by atoms with van der Waals surface area (Å²) >= 11 is 5.57. The van der Waals surface area contributed by atoms with Crippen LogP contribution >= 0.6 is 27.7 Å². The van der Waals surface area contributed by atoms with Crippen LogP contribution in [0.25, 0.3) is 0 Å². The van der Waals surface area contributed by atoms with E-state index in [0.29, 0.717) is 12.1 Å². The van der Waals surface area contributed by atoms with Crippen LogP contribution in [0.2, 0.25) is 0 Å². The molecule has 116 valence electrons. The molecule has 2 heterocycles. The second kappa shape index (κ2) is 7.03. The van der Waals surface area contributed by atoms with Crippen molar-refractivity contribution in [2.45, 2.75) is 50.3 Å². The molecule has 1 aromatic rings. The summed E-state index contributed by atoms with van der Waals surface area (Å²) in [5, 5.41) is 3.82. The molecule has 0 aliphatic carbocycles. The lowest BCUT2D eigenvalue weighted by molar-refractivity contribution is -0.0940. The van der Waals surface area contributed by atoms with Crippen molar-refractivity contribution in [1.29, 1.82) is 0 Å². The summed E-state index contributed by atoms with van der Waals surface area (Å²) in [6, 6.07) is 9.63. The molecule has 2 fully saturated rings. The van der Waals surface area contributed by atoms with Gasteiger partial charge in [0.2, 0.25) is 0 Å². The molecule has 3 rings (SSSR count). The van der Waals surface area contributed by atoms with E-state index in [1.807, 2.05) is 0 Å². The van der Waals surface area contributed by atoms with Crippen LogP contribution in [0.15, 0.2) is 28.7 Å². The fraction of sp³-hybridized carbons (Fsp3) is 0.647. The van der Waals surface area contributed by atoms with E-state index in [1.165, 1.54) is 36.3 Å². The standard InChI is InChI=1S/C17H24BrNOS/c1-13(14-2-4-15(18)5-3-14)19-16-6-9-20-17(12-16)7-10-21-11-8-17/h2-5,13,16,19H,6-12H2,1H3. The maximum absolute atomic E-state index is 6.18. The van der Waals surface area contributed by atoms with Crippen molar-refractivity contribution in [2.24, 2.45) is 0 Å². The van der Waals surface area contributed by atoms with E-state index in [0.717, 1.165) is 17.5 Å². The fourth-order valence-corrected chi connectivity index (χ4v) is 4.96. The number of nitrogens with one attached hydrogen (secondary N) is 1. The first-order valence-electron chi connectivity index (χ1n) is 7.90. The number of hydrogen-bond acceptors (Lipinski definition) is 3. The lowest BCUT2D eigenvalue weighted by Gasteiger charge is -2.44. The number of thioether (sulfide) groups is 1. The molecule has 2 aliphatic rings. The Bertz CT molecular complexity index is 453. The zero-order chi connectivity index (χ0) is 14.7. The molecule has 0 radical (unpaired) electrons. The van der Waals surface area contributed by atoms with Crippen molar-refractivity contribution in [3.63, 3.8) is 0 Å². The van der Waals surface area contributed by atoms with Crippen LogP contribution in [-0.2, 0) is 4.74 Å². The van der Waals surface area contributed by atoms with Crippen LogP contribution in [0.5, 0.6) is 0 Å². The quantitative estimate of drug-likeness (QED) is 0.844. The molecule has 1 N–H and O–H groups in total. The smallest absolute Gasteiger partial charge is 0.0713 e. The van der Waals surface area contributed by atoms with Crippen LogP contribution < -0.4 is 5.32 Å². The predicted molar refractivity (Wildman–Crippen MR) is 94.0 cm³/mol. The van der Waals surface area contributed by atoms with E-state index < -0.39 is 0 Å². The van der Waals surface area contributed by atoms with Gasteiger partial charge in [-0.25, -0.2) is 0 Å². The number of benzene rings is 1.